The summed E-state index contributed by atoms with van der Waals surface area (Å²) in [6.07, 6.45) is -3.50. The van der Waals surface area contributed by atoms with E-state index in [0.717, 1.165) is 9.80 Å². The van der Waals surface area contributed by atoms with Crippen LogP contribution in [-0.2, 0) is 0 Å². The van der Waals surface area contributed by atoms with Gasteiger partial charge in [0.2, 0.25) is 7.59 Å². The highest BCUT2D eigenvalue weighted by molar-refractivity contribution is 7.80. The zero-order valence-electron chi connectivity index (χ0n) is 10.8. The Bertz CT molecular complexity index is 335. The summed E-state index contributed by atoms with van der Waals surface area (Å²) in [5, 5.41) is 37.9. The van der Waals surface area contributed by atoms with E-state index in [9.17, 15) is 10.2 Å². The Morgan fingerprint density at radius 1 is 0.818 bits per heavy atom. The van der Waals surface area contributed by atoms with Gasteiger partial charge in [0, 0.05) is 13.1 Å². The number of hydrogen-bond donors (Lipinski definition) is 4. The maximum absolute atomic E-state index is 10.0. The van der Waals surface area contributed by atoms with Gasteiger partial charge >= 0.3 is 0 Å². The quantitative estimate of drug-likeness (QED) is 0.270. The van der Waals surface area contributed by atoms with Gasteiger partial charge in [-0.2, -0.15) is 0 Å². The Morgan fingerprint density at radius 2 is 1.09 bits per heavy atom. The van der Waals surface area contributed by atoms with Crippen LogP contribution in [0.15, 0.2) is 0 Å². The van der Waals surface area contributed by atoms with Gasteiger partial charge in [-0.25, -0.2) is 0 Å². The lowest BCUT2D eigenvalue weighted by Crippen LogP contribution is -2.58. The molecule has 0 amide bonds. The first-order valence-corrected chi connectivity index (χ1v) is 8.34. The second kappa shape index (κ2) is 9.68. The number of halogens is 6. The molecule has 0 aromatic heterocycles. The molecule has 0 spiro atoms. The molecule has 0 fully saturated rings. The van der Waals surface area contributed by atoms with Crippen LogP contribution in [0.25, 0.3) is 0 Å². The van der Waals surface area contributed by atoms with Crippen molar-refractivity contribution in [1.82, 2.24) is 9.80 Å². The lowest BCUT2D eigenvalue weighted by molar-refractivity contribution is 0.00639. The molecule has 0 bridgehead atoms. The van der Waals surface area contributed by atoms with Crippen LogP contribution in [0.1, 0.15) is 0 Å². The van der Waals surface area contributed by atoms with Crippen molar-refractivity contribution in [3.8, 4) is 0 Å². The molecule has 0 heterocycles. The van der Waals surface area contributed by atoms with E-state index in [4.69, 9.17) is 92.0 Å². The van der Waals surface area contributed by atoms with Gasteiger partial charge in [-0.1, -0.05) is 69.6 Å². The molecule has 2 atom stereocenters. The van der Waals surface area contributed by atoms with Crippen molar-refractivity contribution in [2.75, 3.05) is 26.3 Å². The number of alkyl halides is 6. The van der Waals surface area contributed by atoms with E-state index in [-0.39, 0.29) is 18.2 Å². The molecule has 0 radical (unpaired) electrons. The fourth-order valence-corrected chi connectivity index (χ4v) is 2.47. The van der Waals surface area contributed by atoms with Crippen molar-refractivity contribution in [1.29, 1.82) is 0 Å². The zero-order valence-corrected chi connectivity index (χ0v) is 16.2. The van der Waals surface area contributed by atoms with E-state index in [1.807, 2.05) is 0 Å². The number of hydrogen-bond acceptors (Lipinski definition) is 5. The summed E-state index contributed by atoms with van der Waals surface area (Å²) in [4.78, 5) is 1.83. The molecule has 0 aromatic carbocycles. The molecule has 0 aliphatic rings. The van der Waals surface area contributed by atoms with E-state index in [0.29, 0.717) is 0 Å². The third-order valence-corrected chi connectivity index (χ3v) is 3.99. The van der Waals surface area contributed by atoms with E-state index in [1.165, 1.54) is 0 Å². The minimum Gasteiger partial charge on any atom is -0.395 e. The third-order valence-electron chi connectivity index (χ3n) is 2.35. The molecule has 0 aliphatic carbocycles. The third kappa shape index (κ3) is 7.03. The van der Waals surface area contributed by atoms with Gasteiger partial charge in [0.25, 0.3) is 0 Å². The zero-order chi connectivity index (χ0) is 17.7. The normalized spacial score (nSPS) is 15.4. The number of aliphatic hydroxyl groups is 4. The highest BCUT2D eigenvalue weighted by atomic mass is 35.6. The number of rotatable bonds is 6. The fourth-order valence-electron chi connectivity index (χ4n) is 1.38. The number of aliphatic hydroxyl groups excluding tert-OH is 4. The molecule has 6 nitrogen and oxygen atoms in total. The predicted octanol–water partition coefficient (Wildman–Crippen LogP) is 1.24. The summed E-state index contributed by atoms with van der Waals surface area (Å²) in [5.41, 5.74) is 0. The average molecular weight is 459 g/mol. The lowest BCUT2D eigenvalue weighted by atomic mass is 10.4. The maximum atomic E-state index is 10.0. The van der Waals surface area contributed by atoms with E-state index in [1.54, 1.807) is 0 Å². The molecule has 13 heteroatoms. The van der Waals surface area contributed by atoms with Crippen molar-refractivity contribution >= 4 is 86.9 Å². The highest BCUT2D eigenvalue weighted by Gasteiger charge is 2.42. The topological polar surface area (TPSA) is 87.4 Å². The van der Waals surface area contributed by atoms with Gasteiger partial charge in [-0.3, -0.25) is 0 Å². The molecule has 132 valence electrons. The molecule has 22 heavy (non-hydrogen) atoms. The van der Waals surface area contributed by atoms with E-state index in [2.05, 4.69) is 0 Å². The van der Waals surface area contributed by atoms with Crippen molar-refractivity contribution in [2.45, 2.75) is 20.0 Å². The first-order chi connectivity index (χ1) is 9.87. The molecule has 4 N–H and O–H groups in total. The Balaban J connectivity index is 5.46. The Kier molecular flexibility index (Phi) is 10.2. The molecule has 0 aromatic rings. The first-order valence-electron chi connectivity index (χ1n) is 5.66. The van der Waals surface area contributed by atoms with Crippen LogP contribution in [0.2, 0.25) is 0 Å². The molecule has 0 aliphatic heterocycles. The summed E-state index contributed by atoms with van der Waals surface area (Å²) in [6, 6.07) is 0. The number of thiocarbonyl (C=S) groups is 1. The highest BCUT2D eigenvalue weighted by Crippen LogP contribution is 2.35. The van der Waals surface area contributed by atoms with Crippen LogP contribution in [0, 0.1) is 0 Å². The lowest BCUT2D eigenvalue weighted by Gasteiger charge is -2.41. The first kappa shape index (κ1) is 23.3. The standard InChI is InChI=1S/C9H14Cl6N2O4S/c10-8(11,12)5(20)16(1-3-18)7(22)17(2-4-19)6(21)9(13,14)15/h5-6,18-21H,1-4H2. The SMILES string of the molecule is OCCN(C(=S)N(CCO)C(O)C(Cl)(Cl)Cl)C(O)C(Cl)(Cl)Cl. The van der Waals surface area contributed by atoms with Crippen molar-refractivity contribution in [3.63, 3.8) is 0 Å². The summed E-state index contributed by atoms with van der Waals surface area (Å²) < 4.78 is -4.32. The van der Waals surface area contributed by atoms with Gasteiger partial charge in [0.15, 0.2) is 17.6 Å². The molecule has 0 rings (SSSR count). The van der Waals surface area contributed by atoms with Crippen LogP contribution in [0.3, 0.4) is 0 Å². The molecular weight excluding hydrogens is 445 g/mol. The summed E-state index contributed by atoms with van der Waals surface area (Å²) in [5.74, 6) is 0. The van der Waals surface area contributed by atoms with Gasteiger partial charge in [0.05, 0.1) is 13.2 Å². The molecule has 2 unspecified atom stereocenters. The maximum Gasteiger partial charge on any atom is 0.234 e. The van der Waals surface area contributed by atoms with Crippen molar-refractivity contribution in [2.24, 2.45) is 0 Å². The van der Waals surface area contributed by atoms with Crippen LogP contribution >= 0.6 is 81.8 Å². The fraction of sp³-hybridized carbons (Fsp3) is 0.889. The van der Waals surface area contributed by atoms with Crippen LogP contribution in [0.4, 0.5) is 0 Å². The largest absolute Gasteiger partial charge is 0.395 e. The van der Waals surface area contributed by atoms with Crippen LogP contribution in [-0.4, -0.2) is 81.7 Å². The summed E-state index contributed by atoms with van der Waals surface area (Å²) >= 11 is 38.7. The second-order valence-electron chi connectivity index (χ2n) is 3.95. The Labute approximate surface area is 163 Å². The Morgan fingerprint density at radius 3 is 1.27 bits per heavy atom. The minimum absolute atomic E-state index is 0.234. The monoisotopic (exact) mass is 456 g/mol. The summed E-state index contributed by atoms with van der Waals surface area (Å²) in [6.45, 7) is -1.37. The number of nitrogens with zero attached hydrogens (tertiary/aromatic N) is 2. The van der Waals surface area contributed by atoms with Crippen molar-refractivity contribution < 1.29 is 20.4 Å². The smallest absolute Gasteiger partial charge is 0.234 e. The average Bonchev–Trinajstić information content (AvgIpc) is 2.37. The van der Waals surface area contributed by atoms with E-state index < -0.39 is 33.3 Å². The van der Waals surface area contributed by atoms with Crippen LogP contribution in [0.5, 0.6) is 0 Å². The van der Waals surface area contributed by atoms with Gasteiger partial charge in [-0.05, 0) is 12.2 Å². The molecule has 0 saturated carbocycles. The minimum atomic E-state index is -2.16. The second-order valence-corrected chi connectivity index (χ2v) is 9.05. The van der Waals surface area contributed by atoms with Gasteiger partial charge in [-0.15, -0.1) is 0 Å². The van der Waals surface area contributed by atoms with E-state index >= 15 is 0 Å². The van der Waals surface area contributed by atoms with Gasteiger partial charge < -0.3 is 30.2 Å². The van der Waals surface area contributed by atoms with Crippen LogP contribution < -0.4 is 0 Å². The van der Waals surface area contributed by atoms with Crippen molar-refractivity contribution in [3.05, 3.63) is 0 Å². The Hall–Kier alpha value is 1.27. The van der Waals surface area contributed by atoms with Gasteiger partial charge in [0.1, 0.15) is 0 Å². The molecule has 0 saturated heterocycles. The molecular formula is C9H14Cl6N2O4S. The predicted molar refractivity (Wildman–Crippen MR) is 92.8 cm³/mol. The summed E-state index contributed by atoms with van der Waals surface area (Å²) in [7, 11) is 0.